The Morgan fingerprint density at radius 2 is 2.00 bits per heavy atom. The monoisotopic (exact) mass is 264 g/mol. The second kappa shape index (κ2) is 5.17. The summed E-state index contributed by atoms with van der Waals surface area (Å²) >= 11 is 7.60. The van der Waals surface area contributed by atoms with E-state index in [9.17, 15) is 4.79 Å². The fourth-order valence-electron chi connectivity index (χ4n) is 1.40. The summed E-state index contributed by atoms with van der Waals surface area (Å²) in [5, 5.41) is 9.24. The van der Waals surface area contributed by atoms with Gasteiger partial charge >= 0.3 is 5.97 Å². The Morgan fingerprint density at radius 3 is 2.71 bits per heavy atom. The molecule has 0 amide bonds. The molecule has 1 aromatic carbocycles. The smallest absolute Gasteiger partial charge is 0.328 e. The molecule has 2 aromatic rings. The molecule has 0 unspecified atom stereocenters. The lowest BCUT2D eigenvalue weighted by Crippen LogP contribution is -1.84. The maximum absolute atomic E-state index is 10.4. The molecule has 0 spiro atoms. The number of hydrogen-bond acceptors (Lipinski definition) is 2. The molecule has 1 N–H and O–H groups in total. The van der Waals surface area contributed by atoms with Crippen molar-refractivity contribution >= 4 is 35.0 Å². The minimum absolute atomic E-state index is 0.697. The second-order valence-corrected chi connectivity index (χ2v) is 4.88. The van der Waals surface area contributed by atoms with Crippen LogP contribution in [0.5, 0.6) is 0 Å². The lowest BCUT2D eigenvalue weighted by atomic mass is 10.2. The van der Waals surface area contributed by atoms with Gasteiger partial charge in [-0.15, -0.1) is 11.3 Å². The van der Waals surface area contributed by atoms with Crippen molar-refractivity contribution in [1.29, 1.82) is 0 Å². The zero-order valence-corrected chi connectivity index (χ0v) is 10.3. The third-order valence-corrected chi connectivity index (χ3v) is 3.57. The molecule has 86 valence electrons. The summed E-state index contributed by atoms with van der Waals surface area (Å²) in [5.74, 6) is -0.947. The topological polar surface area (TPSA) is 37.3 Å². The molecular formula is C13H9ClO2S. The highest BCUT2D eigenvalue weighted by atomic mass is 35.5. The lowest BCUT2D eigenvalue weighted by molar-refractivity contribution is -0.131. The summed E-state index contributed by atoms with van der Waals surface area (Å²) in [5.41, 5.74) is 0.967. The van der Waals surface area contributed by atoms with Gasteiger partial charge in [0.15, 0.2) is 0 Å². The van der Waals surface area contributed by atoms with Crippen molar-refractivity contribution in [2.75, 3.05) is 0 Å². The molecule has 2 nitrogen and oxygen atoms in total. The van der Waals surface area contributed by atoms with Crippen LogP contribution in [0.3, 0.4) is 0 Å². The molecule has 0 saturated heterocycles. The van der Waals surface area contributed by atoms with Crippen molar-refractivity contribution in [3.05, 3.63) is 52.4 Å². The maximum atomic E-state index is 10.4. The van der Waals surface area contributed by atoms with Crippen LogP contribution in [0.4, 0.5) is 0 Å². The van der Waals surface area contributed by atoms with E-state index in [2.05, 4.69) is 0 Å². The lowest BCUT2D eigenvalue weighted by Gasteiger charge is -1.99. The summed E-state index contributed by atoms with van der Waals surface area (Å²) < 4.78 is 0. The first-order valence-electron chi connectivity index (χ1n) is 4.92. The first-order valence-corrected chi connectivity index (χ1v) is 6.12. The van der Waals surface area contributed by atoms with E-state index in [1.165, 1.54) is 11.3 Å². The van der Waals surface area contributed by atoms with E-state index in [0.717, 1.165) is 21.4 Å². The van der Waals surface area contributed by atoms with Crippen molar-refractivity contribution in [1.82, 2.24) is 0 Å². The van der Waals surface area contributed by atoms with Gasteiger partial charge in [0.25, 0.3) is 0 Å². The Balaban J connectivity index is 2.30. The standard InChI is InChI=1S/C13H9ClO2S/c14-11-4-2-1-3-10(11)12-7-5-9(17-12)6-8-13(15)16/h1-8H,(H,15,16)/b8-6+. The molecule has 0 bridgehead atoms. The molecule has 0 saturated carbocycles. The van der Waals surface area contributed by atoms with Crippen LogP contribution in [-0.2, 0) is 4.79 Å². The third kappa shape index (κ3) is 2.96. The largest absolute Gasteiger partial charge is 0.478 e. The quantitative estimate of drug-likeness (QED) is 0.845. The number of halogens is 1. The number of thiophene rings is 1. The van der Waals surface area contributed by atoms with Crippen LogP contribution in [-0.4, -0.2) is 11.1 Å². The number of aliphatic carboxylic acids is 1. The molecule has 0 atom stereocenters. The van der Waals surface area contributed by atoms with Crippen molar-refractivity contribution in [2.45, 2.75) is 0 Å². The SMILES string of the molecule is O=C(O)/C=C/c1ccc(-c2ccccc2Cl)s1. The Hall–Kier alpha value is -1.58. The second-order valence-electron chi connectivity index (χ2n) is 3.35. The van der Waals surface area contributed by atoms with Crippen LogP contribution in [0.15, 0.2) is 42.5 Å². The van der Waals surface area contributed by atoms with Gasteiger partial charge in [-0.3, -0.25) is 0 Å². The molecular weight excluding hydrogens is 256 g/mol. The minimum atomic E-state index is -0.947. The van der Waals surface area contributed by atoms with Gasteiger partial charge in [-0.1, -0.05) is 29.8 Å². The Morgan fingerprint density at radius 1 is 1.24 bits per heavy atom. The predicted octanol–water partition coefficient (Wildman–Crippen LogP) is 4.17. The highest BCUT2D eigenvalue weighted by Crippen LogP contribution is 2.33. The summed E-state index contributed by atoms with van der Waals surface area (Å²) in [6.45, 7) is 0. The van der Waals surface area contributed by atoms with Crippen LogP contribution in [0, 0.1) is 0 Å². The number of hydrogen-bond donors (Lipinski definition) is 1. The van der Waals surface area contributed by atoms with Gasteiger partial charge in [0.05, 0.1) is 0 Å². The molecule has 0 radical (unpaired) electrons. The van der Waals surface area contributed by atoms with E-state index < -0.39 is 5.97 Å². The Kier molecular flexibility index (Phi) is 3.61. The maximum Gasteiger partial charge on any atom is 0.328 e. The van der Waals surface area contributed by atoms with Crippen LogP contribution in [0.1, 0.15) is 4.88 Å². The van der Waals surface area contributed by atoms with Gasteiger partial charge in [-0.25, -0.2) is 4.79 Å². The molecule has 0 aliphatic carbocycles. The number of benzene rings is 1. The summed E-state index contributed by atoms with van der Waals surface area (Å²) in [7, 11) is 0. The zero-order valence-electron chi connectivity index (χ0n) is 8.76. The van der Waals surface area contributed by atoms with E-state index >= 15 is 0 Å². The van der Waals surface area contributed by atoms with Crippen LogP contribution < -0.4 is 0 Å². The first-order chi connectivity index (χ1) is 8.16. The van der Waals surface area contributed by atoms with Crippen molar-refractivity contribution < 1.29 is 9.90 Å². The zero-order chi connectivity index (χ0) is 12.3. The average molecular weight is 265 g/mol. The molecule has 2 rings (SSSR count). The van der Waals surface area contributed by atoms with Crippen molar-refractivity contribution in [3.63, 3.8) is 0 Å². The Labute approximate surface area is 108 Å². The summed E-state index contributed by atoms with van der Waals surface area (Å²) in [6.07, 6.45) is 2.70. The van der Waals surface area contributed by atoms with Crippen LogP contribution in [0.25, 0.3) is 16.5 Å². The summed E-state index contributed by atoms with van der Waals surface area (Å²) in [4.78, 5) is 12.3. The molecule has 0 fully saturated rings. The third-order valence-electron chi connectivity index (χ3n) is 2.16. The molecule has 17 heavy (non-hydrogen) atoms. The molecule has 0 aliphatic heterocycles. The van der Waals surface area contributed by atoms with E-state index in [1.54, 1.807) is 6.08 Å². The number of carbonyl (C=O) groups is 1. The molecule has 0 aliphatic rings. The van der Waals surface area contributed by atoms with E-state index in [-0.39, 0.29) is 0 Å². The molecule has 1 heterocycles. The minimum Gasteiger partial charge on any atom is -0.478 e. The average Bonchev–Trinajstić information content (AvgIpc) is 2.75. The fraction of sp³-hybridized carbons (Fsp3) is 0. The fourth-order valence-corrected chi connectivity index (χ4v) is 2.65. The number of carboxylic acids is 1. The van der Waals surface area contributed by atoms with Gasteiger partial charge in [0.1, 0.15) is 0 Å². The van der Waals surface area contributed by atoms with E-state index in [1.807, 2.05) is 36.4 Å². The van der Waals surface area contributed by atoms with Crippen molar-refractivity contribution in [2.24, 2.45) is 0 Å². The van der Waals surface area contributed by atoms with Gasteiger partial charge in [-0.05, 0) is 24.3 Å². The highest BCUT2D eigenvalue weighted by molar-refractivity contribution is 7.16. The van der Waals surface area contributed by atoms with Crippen molar-refractivity contribution in [3.8, 4) is 10.4 Å². The van der Waals surface area contributed by atoms with E-state index in [0.29, 0.717) is 5.02 Å². The molecule has 1 aromatic heterocycles. The first kappa shape index (κ1) is 11.9. The number of carboxylic acid groups (broad SMARTS) is 1. The van der Waals surface area contributed by atoms with Gasteiger partial charge in [0.2, 0.25) is 0 Å². The van der Waals surface area contributed by atoms with Gasteiger partial charge in [0, 0.05) is 26.4 Å². The van der Waals surface area contributed by atoms with Gasteiger partial charge < -0.3 is 5.11 Å². The number of rotatable bonds is 3. The highest BCUT2D eigenvalue weighted by Gasteiger charge is 2.04. The van der Waals surface area contributed by atoms with E-state index in [4.69, 9.17) is 16.7 Å². The normalized spacial score (nSPS) is 10.9. The Bertz CT molecular complexity index is 572. The van der Waals surface area contributed by atoms with Crippen LogP contribution in [0.2, 0.25) is 5.02 Å². The van der Waals surface area contributed by atoms with Gasteiger partial charge in [-0.2, -0.15) is 0 Å². The summed E-state index contributed by atoms with van der Waals surface area (Å²) in [6, 6.07) is 11.4. The molecule has 4 heteroatoms. The predicted molar refractivity (Wildman–Crippen MR) is 71.4 cm³/mol. The van der Waals surface area contributed by atoms with Crippen LogP contribution >= 0.6 is 22.9 Å².